The van der Waals surface area contributed by atoms with Gasteiger partial charge < -0.3 is 19.1 Å². The van der Waals surface area contributed by atoms with Crippen LogP contribution in [0.4, 0.5) is 0 Å². The Morgan fingerprint density at radius 3 is 1.49 bits per heavy atom. The first kappa shape index (κ1) is 35.3. The summed E-state index contributed by atoms with van der Waals surface area (Å²) < 4.78 is 31.1. The Labute approximate surface area is 275 Å². The molecule has 244 valence electrons. The lowest BCUT2D eigenvalue weighted by atomic mass is 9.95. The third-order valence-corrected chi connectivity index (χ3v) is 10.9. The van der Waals surface area contributed by atoms with Crippen molar-refractivity contribution in [2.75, 3.05) is 6.54 Å². The number of nitrogens with zero attached hydrogens (tertiary/aromatic N) is 2. The molecule has 0 saturated heterocycles. The molecular weight excluding hydrogens is 601 g/mol. The molecule has 0 amide bonds. The van der Waals surface area contributed by atoms with E-state index in [9.17, 15) is 9.11 Å². The van der Waals surface area contributed by atoms with Crippen molar-refractivity contribution in [3.63, 3.8) is 0 Å². The summed E-state index contributed by atoms with van der Waals surface area (Å²) in [5.74, 6) is 2.36. The van der Waals surface area contributed by atoms with Crippen LogP contribution in [-0.4, -0.2) is 45.1 Å². The summed E-state index contributed by atoms with van der Waals surface area (Å²) >= 11 is -2.33. The Kier molecular flexibility index (Phi) is 11.3. The van der Waals surface area contributed by atoms with E-state index in [2.05, 4.69) is 101 Å². The van der Waals surface area contributed by atoms with Gasteiger partial charge in [-0.2, -0.15) is 0 Å². The lowest BCUT2D eigenvalue weighted by Crippen LogP contribution is -2.43. The van der Waals surface area contributed by atoms with Crippen molar-refractivity contribution < 1.29 is 9.11 Å². The molecule has 0 bridgehead atoms. The number of H-pyrrole nitrogens is 2. The van der Waals surface area contributed by atoms with Gasteiger partial charge in [-0.15, -0.1) is 9.44 Å². The number of hydrogen-bond acceptors (Lipinski definition) is 6. The molecule has 4 N–H and O–H groups in total. The minimum atomic E-state index is -1.20. The first-order chi connectivity index (χ1) is 21.0. The summed E-state index contributed by atoms with van der Waals surface area (Å²) in [5.41, 5.74) is 6.24. The van der Waals surface area contributed by atoms with Crippen LogP contribution in [0.3, 0.4) is 0 Å². The monoisotopic (exact) mass is 650 g/mol. The Balaban J connectivity index is 1.44. The zero-order valence-electron chi connectivity index (χ0n) is 28.3. The van der Waals surface area contributed by atoms with Crippen LogP contribution < -0.4 is 9.44 Å². The van der Waals surface area contributed by atoms with Crippen LogP contribution in [0.1, 0.15) is 92.8 Å². The number of benzene rings is 2. The standard InChI is InChI=1S/C35H50N6O2S2/c1-22(2)28(19-38-44(42)34(5,6)7)32-36-20-29(39-32)26-15-11-24(12-16-26)25-13-17-27(18-14-25)30-21-37-33(40-30)31(23(3)4)41-45(43)35(8,9)10/h11-18,20-23,28,31,38,41H,19H2,1-10H3,(H,36,39)(H,37,40)/t28?,31?,44-,45+/m0/s1. The van der Waals surface area contributed by atoms with Crippen molar-refractivity contribution in [1.29, 1.82) is 0 Å². The molecule has 0 aliphatic rings. The highest BCUT2D eigenvalue weighted by atomic mass is 32.2. The highest BCUT2D eigenvalue weighted by Crippen LogP contribution is 2.30. The molecule has 0 saturated carbocycles. The Morgan fingerprint density at radius 2 is 1.07 bits per heavy atom. The van der Waals surface area contributed by atoms with Crippen molar-refractivity contribution in [2.45, 2.75) is 90.7 Å². The maximum atomic E-state index is 12.8. The van der Waals surface area contributed by atoms with Gasteiger partial charge in [-0.05, 0) is 75.6 Å². The normalized spacial score (nSPS) is 15.4. The second-order valence-corrected chi connectivity index (χ2v) is 18.4. The van der Waals surface area contributed by atoms with E-state index in [0.29, 0.717) is 12.5 Å². The second kappa shape index (κ2) is 14.4. The summed E-state index contributed by atoms with van der Waals surface area (Å²) in [5, 5.41) is 0. The summed E-state index contributed by atoms with van der Waals surface area (Å²) in [6.07, 6.45) is 3.73. The van der Waals surface area contributed by atoms with E-state index in [1.54, 1.807) is 0 Å². The van der Waals surface area contributed by atoms with Crippen LogP contribution in [-0.2, 0) is 22.7 Å². The van der Waals surface area contributed by atoms with Crippen molar-refractivity contribution in [3.05, 3.63) is 72.6 Å². The number of hydrogen-bond donors (Lipinski definition) is 4. The summed E-state index contributed by atoms with van der Waals surface area (Å²) in [6.45, 7) is 20.9. The maximum Gasteiger partial charge on any atom is 0.136 e. The van der Waals surface area contributed by atoms with Gasteiger partial charge in [0.05, 0.1) is 30.3 Å². The summed E-state index contributed by atoms with van der Waals surface area (Å²) in [4.78, 5) is 16.3. The van der Waals surface area contributed by atoms with E-state index in [4.69, 9.17) is 4.98 Å². The number of aromatic amines is 2. The van der Waals surface area contributed by atoms with Gasteiger partial charge in [0.15, 0.2) is 0 Å². The molecule has 4 atom stereocenters. The molecule has 10 heteroatoms. The third kappa shape index (κ3) is 9.02. The van der Waals surface area contributed by atoms with Gasteiger partial charge in [-0.25, -0.2) is 9.97 Å². The molecule has 2 heterocycles. The smallest absolute Gasteiger partial charge is 0.136 e. The van der Waals surface area contributed by atoms with Gasteiger partial charge in [0.2, 0.25) is 0 Å². The third-order valence-electron chi connectivity index (χ3n) is 7.81. The van der Waals surface area contributed by atoms with E-state index in [0.717, 1.165) is 45.3 Å². The van der Waals surface area contributed by atoms with Crippen molar-refractivity contribution in [2.24, 2.45) is 11.8 Å². The molecule has 2 unspecified atom stereocenters. The summed E-state index contributed by atoms with van der Waals surface area (Å²) in [6, 6.07) is 16.8. The van der Waals surface area contributed by atoms with E-state index in [1.165, 1.54) is 0 Å². The molecule has 0 spiro atoms. The SMILES string of the molecule is CC(C)C(CN[S@@+]([O-])C(C)(C)C)c1ncc(-c2ccc(-c3ccc(-c4cnc(C(N[S@+]([O-])C(C)(C)C)C(C)C)[nH]4)cc3)cc2)[nH]1. The van der Waals surface area contributed by atoms with Crippen LogP contribution in [0, 0.1) is 11.8 Å². The molecular formula is C35H50N6O2S2. The fourth-order valence-electron chi connectivity index (χ4n) is 4.83. The molecule has 0 aliphatic carbocycles. The number of imidazole rings is 2. The molecule has 4 aromatic rings. The van der Waals surface area contributed by atoms with Gasteiger partial charge in [-0.3, -0.25) is 0 Å². The summed E-state index contributed by atoms with van der Waals surface area (Å²) in [7, 11) is 0. The van der Waals surface area contributed by atoms with Gasteiger partial charge >= 0.3 is 0 Å². The first-order valence-corrected chi connectivity index (χ1v) is 18.0. The predicted octanol–water partition coefficient (Wildman–Crippen LogP) is 7.67. The minimum absolute atomic E-state index is 0.119. The lowest BCUT2D eigenvalue weighted by Gasteiger charge is -2.28. The van der Waals surface area contributed by atoms with Gasteiger partial charge in [0, 0.05) is 28.6 Å². The Morgan fingerprint density at radius 1 is 0.644 bits per heavy atom. The second-order valence-electron chi connectivity index (χ2n) is 14.3. The number of nitrogens with one attached hydrogen (secondary N) is 4. The fraction of sp³-hybridized carbons (Fsp3) is 0.486. The molecule has 0 fully saturated rings. The van der Waals surface area contributed by atoms with Gasteiger partial charge in [0.25, 0.3) is 0 Å². The zero-order chi connectivity index (χ0) is 33.1. The topological polar surface area (TPSA) is 128 Å². The van der Waals surface area contributed by atoms with Crippen LogP contribution in [0.25, 0.3) is 33.6 Å². The molecule has 2 aromatic carbocycles. The average molecular weight is 651 g/mol. The average Bonchev–Trinajstić information content (AvgIpc) is 3.65. The molecule has 4 rings (SSSR count). The highest BCUT2D eigenvalue weighted by molar-refractivity contribution is 7.91. The van der Waals surface area contributed by atoms with Gasteiger partial charge in [-0.1, -0.05) is 76.2 Å². The number of aromatic nitrogens is 4. The van der Waals surface area contributed by atoms with Gasteiger partial charge in [0.1, 0.15) is 27.2 Å². The molecule has 45 heavy (non-hydrogen) atoms. The van der Waals surface area contributed by atoms with Crippen LogP contribution >= 0.6 is 0 Å². The van der Waals surface area contributed by atoms with Crippen LogP contribution in [0.5, 0.6) is 0 Å². The van der Waals surface area contributed by atoms with E-state index < -0.39 is 22.7 Å². The quantitative estimate of drug-likeness (QED) is 0.117. The van der Waals surface area contributed by atoms with Crippen LogP contribution in [0.15, 0.2) is 60.9 Å². The lowest BCUT2D eigenvalue weighted by molar-refractivity contribution is 0.438. The Bertz CT molecular complexity index is 1500. The molecule has 8 nitrogen and oxygen atoms in total. The highest BCUT2D eigenvalue weighted by Gasteiger charge is 2.32. The molecule has 2 aromatic heterocycles. The van der Waals surface area contributed by atoms with E-state index >= 15 is 0 Å². The Hall–Kier alpha value is -2.60. The van der Waals surface area contributed by atoms with Crippen molar-refractivity contribution >= 4 is 22.7 Å². The largest absolute Gasteiger partial charge is 0.598 e. The molecule has 0 radical (unpaired) electrons. The van der Waals surface area contributed by atoms with E-state index in [-0.39, 0.29) is 27.4 Å². The van der Waals surface area contributed by atoms with Crippen molar-refractivity contribution in [1.82, 2.24) is 29.4 Å². The maximum absolute atomic E-state index is 12.8. The first-order valence-electron chi connectivity index (χ1n) is 15.7. The fourth-order valence-corrected chi connectivity index (χ4v) is 6.56. The van der Waals surface area contributed by atoms with Crippen LogP contribution in [0.2, 0.25) is 0 Å². The van der Waals surface area contributed by atoms with E-state index in [1.807, 2.05) is 53.9 Å². The predicted molar refractivity (Wildman–Crippen MR) is 189 cm³/mol. The molecule has 0 aliphatic heterocycles. The zero-order valence-corrected chi connectivity index (χ0v) is 30.0. The number of rotatable bonds is 12. The minimum Gasteiger partial charge on any atom is -0.598 e. The van der Waals surface area contributed by atoms with Crippen molar-refractivity contribution in [3.8, 4) is 33.6 Å².